The second-order valence-electron chi connectivity index (χ2n) is 7.45. The van der Waals surface area contributed by atoms with Crippen molar-refractivity contribution in [2.24, 2.45) is 4.99 Å². The van der Waals surface area contributed by atoms with Crippen molar-refractivity contribution in [1.82, 2.24) is 9.88 Å². The summed E-state index contributed by atoms with van der Waals surface area (Å²) in [5.74, 6) is -0.760. The van der Waals surface area contributed by atoms with Crippen LogP contribution in [0.2, 0.25) is 0 Å². The lowest BCUT2D eigenvalue weighted by molar-refractivity contribution is -0.121. The van der Waals surface area contributed by atoms with Crippen molar-refractivity contribution in [3.8, 4) is 0 Å². The molecule has 2 aliphatic rings. The third-order valence-electron chi connectivity index (χ3n) is 5.00. The number of carbonyl (C=O) groups excluding carboxylic acids is 3. The number of amidine groups is 1. The maximum Gasteiger partial charge on any atom is 0.262 e. The molecular weight excluding hydrogens is 434 g/mol. The van der Waals surface area contributed by atoms with Gasteiger partial charge >= 0.3 is 0 Å². The number of hydrogen-bond donors (Lipinski definition) is 2. The SMILES string of the molecule is Cc1cnc(NC(=O)c2ccc(NC(=O)CC3SC(N4CCCCC4)=NC3=O)cc2)s1. The van der Waals surface area contributed by atoms with E-state index >= 15 is 0 Å². The van der Waals surface area contributed by atoms with Crippen LogP contribution in [0.3, 0.4) is 0 Å². The second-order valence-corrected chi connectivity index (χ2v) is 9.85. The minimum absolute atomic E-state index is 0.0655. The van der Waals surface area contributed by atoms with Gasteiger partial charge in [-0.1, -0.05) is 11.8 Å². The van der Waals surface area contributed by atoms with E-state index in [0.717, 1.165) is 36.0 Å². The fraction of sp³-hybridized carbons (Fsp3) is 0.381. The molecule has 1 aromatic heterocycles. The first-order valence-electron chi connectivity index (χ1n) is 10.2. The number of nitrogens with one attached hydrogen (secondary N) is 2. The molecule has 162 valence electrons. The molecule has 0 bridgehead atoms. The zero-order valence-electron chi connectivity index (χ0n) is 17.1. The van der Waals surface area contributed by atoms with Crippen molar-refractivity contribution >= 4 is 56.8 Å². The Morgan fingerprint density at radius 2 is 1.87 bits per heavy atom. The van der Waals surface area contributed by atoms with E-state index in [1.54, 1.807) is 30.5 Å². The van der Waals surface area contributed by atoms with Crippen molar-refractivity contribution < 1.29 is 14.4 Å². The number of aromatic nitrogens is 1. The van der Waals surface area contributed by atoms with Crippen LogP contribution in [-0.4, -0.2) is 51.1 Å². The molecule has 1 saturated heterocycles. The summed E-state index contributed by atoms with van der Waals surface area (Å²) in [7, 11) is 0. The number of carbonyl (C=O) groups is 3. The van der Waals surface area contributed by atoms with E-state index in [-0.39, 0.29) is 24.1 Å². The predicted octanol–water partition coefficient (Wildman–Crippen LogP) is 3.52. The maximum atomic E-state index is 12.4. The molecule has 0 saturated carbocycles. The average molecular weight is 458 g/mol. The summed E-state index contributed by atoms with van der Waals surface area (Å²) >= 11 is 2.79. The van der Waals surface area contributed by atoms with Crippen LogP contribution >= 0.6 is 23.1 Å². The van der Waals surface area contributed by atoms with Crippen LogP contribution in [0.4, 0.5) is 10.8 Å². The van der Waals surface area contributed by atoms with Crippen molar-refractivity contribution in [2.75, 3.05) is 23.7 Å². The molecule has 2 aliphatic heterocycles. The molecule has 0 radical (unpaired) electrons. The molecule has 3 amide bonds. The summed E-state index contributed by atoms with van der Waals surface area (Å²) in [5, 5.41) is 6.35. The van der Waals surface area contributed by atoms with E-state index in [2.05, 4.69) is 25.5 Å². The Morgan fingerprint density at radius 1 is 1.13 bits per heavy atom. The highest BCUT2D eigenvalue weighted by Gasteiger charge is 2.33. The Balaban J connectivity index is 1.28. The standard InChI is InChI=1S/C21H23N5O3S2/c1-13-12-22-20(30-13)24-18(28)14-5-7-15(8-6-14)23-17(27)11-16-19(29)25-21(31-16)26-9-3-2-4-10-26/h5-8,12,16H,2-4,9-11H2,1H3,(H,23,27)(H,22,24,28). The molecule has 0 spiro atoms. The van der Waals surface area contributed by atoms with Gasteiger partial charge in [0.1, 0.15) is 5.25 Å². The van der Waals surface area contributed by atoms with Gasteiger partial charge in [0.05, 0.1) is 0 Å². The van der Waals surface area contributed by atoms with Crippen LogP contribution in [0.1, 0.15) is 40.9 Å². The Bertz CT molecular complexity index is 1010. The third kappa shape index (κ3) is 5.50. The maximum absolute atomic E-state index is 12.4. The number of aliphatic imine (C=N–C) groups is 1. The number of benzene rings is 1. The number of rotatable bonds is 5. The summed E-state index contributed by atoms with van der Waals surface area (Å²) < 4.78 is 0. The highest BCUT2D eigenvalue weighted by atomic mass is 32.2. The molecule has 8 nitrogen and oxygen atoms in total. The van der Waals surface area contributed by atoms with Crippen LogP contribution in [0.15, 0.2) is 35.5 Å². The Kier molecular flexibility index (Phi) is 6.67. The second kappa shape index (κ2) is 9.61. The largest absolute Gasteiger partial charge is 0.351 e. The van der Waals surface area contributed by atoms with E-state index in [1.807, 2.05) is 6.92 Å². The van der Waals surface area contributed by atoms with Gasteiger partial charge in [-0.05, 0) is 50.5 Å². The molecule has 2 N–H and O–H groups in total. The molecule has 0 aliphatic carbocycles. The minimum atomic E-state index is -0.483. The molecule has 3 heterocycles. The van der Waals surface area contributed by atoms with Crippen molar-refractivity contribution in [3.05, 3.63) is 40.9 Å². The summed E-state index contributed by atoms with van der Waals surface area (Å²) in [6, 6.07) is 6.61. The molecule has 1 aromatic carbocycles. The van der Waals surface area contributed by atoms with Gasteiger partial charge in [-0.3, -0.25) is 19.7 Å². The van der Waals surface area contributed by atoms with Gasteiger partial charge in [0.2, 0.25) is 5.91 Å². The first-order valence-corrected chi connectivity index (χ1v) is 11.9. The monoisotopic (exact) mass is 457 g/mol. The lowest BCUT2D eigenvalue weighted by atomic mass is 10.1. The van der Waals surface area contributed by atoms with Crippen LogP contribution in [0, 0.1) is 6.92 Å². The molecule has 4 rings (SSSR count). The fourth-order valence-electron chi connectivity index (χ4n) is 3.40. The molecular formula is C21H23N5O3S2. The van der Waals surface area contributed by atoms with Crippen molar-refractivity contribution in [3.63, 3.8) is 0 Å². The number of thiazole rings is 1. The molecule has 1 fully saturated rings. The van der Waals surface area contributed by atoms with Crippen LogP contribution in [-0.2, 0) is 9.59 Å². The highest BCUT2D eigenvalue weighted by molar-refractivity contribution is 8.15. The first kappa shape index (κ1) is 21.5. The van der Waals surface area contributed by atoms with Gasteiger partial charge in [-0.2, -0.15) is 4.99 Å². The van der Waals surface area contributed by atoms with Crippen molar-refractivity contribution in [2.45, 2.75) is 37.9 Å². The van der Waals surface area contributed by atoms with Crippen LogP contribution in [0.25, 0.3) is 0 Å². The number of hydrogen-bond acceptors (Lipinski definition) is 7. The van der Waals surface area contributed by atoms with E-state index in [4.69, 9.17) is 0 Å². The topological polar surface area (TPSA) is 104 Å². The van der Waals surface area contributed by atoms with Gasteiger partial charge in [0.25, 0.3) is 11.8 Å². The average Bonchev–Trinajstić information content (AvgIpc) is 3.34. The Labute approximate surface area is 188 Å². The van der Waals surface area contributed by atoms with Crippen LogP contribution in [0.5, 0.6) is 0 Å². The zero-order chi connectivity index (χ0) is 21.8. The normalized spacial score (nSPS) is 18.6. The Hall–Kier alpha value is -2.72. The molecule has 31 heavy (non-hydrogen) atoms. The predicted molar refractivity (Wildman–Crippen MR) is 124 cm³/mol. The van der Waals surface area contributed by atoms with Crippen molar-refractivity contribution in [1.29, 1.82) is 0 Å². The van der Waals surface area contributed by atoms with Gasteiger partial charge in [0, 0.05) is 41.8 Å². The summed E-state index contributed by atoms with van der Waals surface area (Å²) in [5.41, 5.74) is 1.03. The number of thioether (sulfide) groups is 1. The van der Waals surface area contributed by atoms with Gasteiger partial charge in [-0.25, -0.2) is 4.98 Å². The van der Waals surface area contributed by atoms with Crippen LogP contribution < -0.4 is 10.6 Å². The molecule has 1 atom stereocenters. The molecule has 2 aromatic rings. The lowest BCUT2D eigenvalue weighted by Crippen LogP contribution is -2.33. The summed E-state index contributed by atoms with van der Waals surface area (Å²) in [6.45, 7) is 3.75. The number of likely N-dealkylation sites (tertiary alicyclic amines) is 1. The minimum Gasteiger partial charge on any atom is -0.351 e. The lowest BCUT2D eigenvalue weighted by Gasteiger charge is -2.27. The van der Waals surface area contributed by atoms with Gasteiger partial charge < -0.3 is 10.2 Å². The van der Waals surface area contributed by atoms with Gasteiger partial charge in [0.15, 0.2) is 10.3 Å². The zero-order valence-corrected chi connectivity index (χ0v) is 18.7. The number of piperidine rings is 1. The van der Waals surface area contributed by atoms with E-state index < -0.39 is 5.25 Å². The van der Waals surface area contributed by atoms with Gasteiger partial charge in [-0.15, -0.1) is 11.3 Å². The molecule has 1 unspecified atom stereocenters. The fourth-order valence-corrected chi connectivity index (χ4v) is 5.17. The summed E-state index contributed by atoms with van der Waals surface area (Å²) in [6.07, 6.45) is 5.19. The smallest absolute Gasteiger partial charge is 0.262 e. The highest BCUT2D eigenvalue weighted by Crippen LogP contribution is 2.29. The van der Waals surface area contributed by atoms with E-state index in [9.17, 15) is 14.4 Å². The quantitative estimate of drug-likeness (QED) is 0.712. The first-order chi connectivity index (χ1) is 15.0. The number of amides is 3. The third-order valence-corrected chi connectivity index (χ3v) is 7.04. The number of nitrogens with zero attached hydrogens (tertiary/aromatic N) is 3. The summed E-state index contributed by atoms with van der Waals surface area (Å²) in [4.78, 5) is 48.4. The van der Waals surface area contributed by atoms with E-state index in [1.165, 1.54) is 29.5 Å². The number of aryl methyl sites for hydroxylation is 1. The molecule has 10 heteroatoms. The van der Waals surface area contributed by atoms with E-state index in [0.29, 0.717) is 16.4 Å². The number of anilines is 2. The Morgan fingerprint density at radius 3 is 2.55 bits per heavy atom.